The van der Waals surface area contributed by atoms with E-state index in [2.05, 4.69) is 4.98 Å². The third kappa shape index (κ3) is 3.11. The number of thiazole rings is 1. The van der Waals surface area contributed by atoms with E-state index in [4.69, 9.17) is 23.2 Å². The normalized spacial score (nSPS) is 11.4. The fourth-order valence-electron chi connectivity index (χ4n) is 1.90. The number of hydrogen-bond acceptors (Lipinski definition) is 4. The number of aromatic nitrogens is 1. The third-order valence-electron chi connectivity index (χ3n) is 2.96. The van der Waals surface area contributed by atoms with E-state index in [-0.39, 0.29) is 5.69 Å². The van der Waals surface area contributed by atoms with Crippen LogP contribution in [0, 0.1) is 10.1 Å². The largest absolute Gasteiger partial charge is 0.271 e. The molecule has 4 nitrogen and oxygen atoms in total. The van der Waals surface area contributed by atoms with Gasteiger partial charge in [-0.05, 0) is 29.8 Å². The van der Waals surface area contributed by atoms with Gasteiger partial charge in [-0.15, -0.1) is 11.3 Å². The lowest BCUT2D eigenvalue weighted by atomic mass is 10.2. The summed E-state index contributed by atoms with van der Waals surface area (Å²) in [5.41, 5.74) is 1.56. The van der Waals surface area contributed by atoms with Gasteiger partial charge in [-0.2, -0.15) is 0 Å². The van der Waals surface area contributed by atoms with E-state index in [0.29, 0.717) is 15.6 Å². The Morgan fingerprint density at radius 2 is 1.91 bits per heavy atom. The van der Waals surface area contributed by atoms with Crippen molar-refractivity contribution in [2.24, 2.45) is 0 Å². The van der Waals surface area contributed by atoms with Gasteiger partial charge in [0.15, 0.2) is 0 Å². The van der Waals surface area contributed by atoms with E-state index >= 15 is 0 Å². The number of non-ortho nitro benzene ring substituents is 1. The molecule has 0 aliphatic heterocycles. The molecule has 2 aromatic carbocycles. The molecule has 0 saturated carbocycles. The van der Waals surface area contributed by atoms with Crippen LogP contribution in [-0.4, -0.2) is 9.91 Å². The summed E-state index contributed by atoms with van der Waals surface area (Å²) >= 11 is 13.3. The minimum Gasteiger partial charge on any atom is -0.258 e. The molecule has 0 atom stereocenters. The lowest BCUT2D eigenvalue weighted by Gasteiger charge is -1.96. The maximum absolute atomic E-state index is 10.8. The Hall–Kier alpha value is -1.95. The van der Waals surface area contributed by atoms with Gasteiger partial charge in [-0.25, -0.2) is 4.98 Å². The number of halogens is 2. The van der Waals surface area contributed by atoms with Crippen molar-refractivity contribution in [1.29, 1.82) is 0 Å². The molecule has 0 unspecified atom stereocenters. The Morgan fingerprint density at radius 3 is 2.64 bits per heavy atom. The van der Waals surface area contributed by atoms with Gasteiger partial charge in [0.1, 0.15) is 5.01 Å². The first-order valence-corrected chi connectivity index (χ1v) is 7.78. The molecular weight excluding hydrogens is 343 g/mol. The van der Waals surface area contributed by atoms with Crippen LogP contribution in [0.5, 0.6) is 0 Å². The second kappa shape index (κ2) is 6.04. The minimum absolute atomic E-state index is 0.0396. The van der Waals surface area contributed by atoms with Gasteiger partial charge in [0, 0.05) is 12.1 Å². The predicted molar refractivity (Wildman–Crippen MR) is 91.7 cm³/mol. The van der Waals surface area contributed by atoms with Gasteiger partial charge >= 0.3 is 0 Å². The average Bonchev–Trinajstić information content (AvgIpc) is 2.90. The molecule has 0 N–H and O–H groups in total. The Balaban J connectivity index is 1.91. The SMILES string of the molecule is O=[N+]([O-])c1ccc2sc(/C=C/c3ccc(Cl)c(Cl)c3)nc2c1. The first-order valence-electron chi connectivity index (χ1n) is 6.21. The quantitative estimate of drug-likeness (QED) is 0.450. The van der Waals surface area contributed by atoms with E-state index < -0.39 is 4.92 Å². The molecule has 0 amide bonds. The topological polar surface area (TPSA) is 56.0 Å². The number of nitro benzene ring substituents is 1. The van der Waals surface area contributed by atoms with Crippen molar-refractivity contribution in [3.05, 3.63) is 67.1 Å². The molecule has 1 aromatic heterocycles. The number of fused-ring (bicyclic) bond motifs is 1. The van der Waals surface area contributed by atoms with Crippen LogP contribution in [0.3, 0.4) is 0 Å². The Kier molecular flexibility index (Phi) is 4.11. The average molecular weight is 351 g/mol. The first kappa shape index (κ1) is 15.0. The molecule has 0 saturated heterocycles. The van der Waals surface area contributed by atoms with Crippen molar-refractivity contribution >= 4 is 62.6 Å². The number of rotatable bonds is 3. The van der Waals surface area contributed by atoms with E-state index in [1.54, 1.807) is 18.2 Å². The van der Waals surface area contributed by atoms with E-state index in [0.717, 1.165) is 15.3 Å². The van der Waals surface area contributed by atoms with Crippen LogP contribution in [-0.2, 0) is 0 Å². The zero-order valence-electron chi connectivity index (χ0n) is 11.0. The Bertz CT molecular complexity index is 906. The third-order valence-corrected chi connectivity index (χ3v) is 4.70. The fraction of sp³-hybridized carbons (Fsp3) is 0. The summed E-state index contributed by atoms with van der Waals surface area (Å²) in [4.78, 5) is 14.7. The van der Waals surface area contributed by atoms with E-state index in [1.165, 1.54) is 23.5 Å². The highest BCUT2D eigenvalue weighted by Crippen LogP contribution is 2.28. The van der Waals surface area contributed by atoms with Gasteiger partial charge in [-0.3, -0.25) is 10.1 Å². The standard InChI is InChI=1S/C15H8Cl2N2O2S/c16-11-4-1-9(7-12(11)17)2-6-15-18-13-8-10(19(20)21)3-5-14(13)22-15/h1-8H/b6-2+. The second-order valence-corrected chi connectivity index (χ2v) is 6.34. The van der Waals surface area contributed by atoms with Gasteiger partial charge in [-0.1, -0.05) is 35.3 Å². The molecule has 0 bridgehead atoms. The molecule has 1 heterocycles. The molecule has 0 aliphatic rings. The maximum atomic E-state index is 10.8. The second-order valence-electron chi connectivity index (χ2n) is 4.47. The van der Waals surface area contributed by atoms with Gasteiger partial charge in [0.05, 0.1) is 25.2 Å². The van der Waals surface area contributed by atoms with Gasteiger partial charge < -0.3 is 0 Å². The zero-order valence-corrected chi connectivity index (χ0v) is 13.3. The maximum Gasteiger partial charge on any atom is 0.271 e. The highest BCUT2D eigenvalue weighted by Gasteiger charge is 2.09. The molecule has 0 aliphatic carbocycles. The molecule has 3 rings (SSSR count). The van der Waals surface area contributed by atoms with Crippen LogP contribution in [0.1, 0.15) is 10.6 Å². The smallest absolute Gasteiger partial charge is 0.258 e. The fourth-order valence-corrected chi connectivity index (χ4v) is 3.06. The van der Waals surface area contributed by atoms with Crippen LogP contribution >= 0.6 is 34.5 Å². The van der Waals surface area contributed by atoms with E-state index in [9.17, 15) is 10.1 Å². The van der Waals surface area contributed by atoms with Crippen LogP contribution in [0.4, 0.5) is 5.69 Å². The van der Waals surface area contributed by atoms with Crippen molar-refractivity contribution < 1.29 is 4.92 Å². The molecular formula is C15H8Cl2N2O2S. The summed E-state index contributed by atoms with van der Waals surface area (Å²) in [6.07, 6.45) is 3.71. The molecule has 0 radical (unpaired) electrons. The summed E-state index contributed by atoms with van der Waals surface area (Å²) in [6.45, 7) is 0. The number of nitro groups is 1. The lowest BCUT2D eigenvalue weighted by molar-refractivity contribution is -0.384. The van der Waals surface area contributed by atoms with Crippen molar-refractivity contribution in [3.63, 3.8) is 0 Å². The summed E-state index contributed by atoms with van der Waals surface area (Å²) in [6, 6.07) is 10.0. The first-order chi connectivity index (χ1) is 10.5. The molecule has 110 valence electrons. The number of nitrogens with zero attached hydrogens (tertiary/aromatic N) is 2. The van der Waals surface area contributed by atoms with E-state index in [1.807, 2.05) is 18.2 Å². The van der Waals surface area contributed by atoms with Crippen LogP contribution in [0.25, 0.3) is 22.4 Å². The highest BCUT2D eigenvalue weighted by atomic mass is 35.5. The van der Waals surface area contributed by atoms with Crippen molar-refractivity contribution in [2.45, 2.75) is 0 Å². The predicted octanol–water partition coefficient (Wildman–Crippen LogP) is 5.68. The minimum atomic E-state index is -0.427. The van der Waals surface area contributed by atoms with Crippen LogP contribution in [0.15, 0.2) is 36.4 Å². The van der Waals surface area contributed by atoms with Gasteiger partial charge in [0.2, 0.25) is 0 Å². The molecule has 22 heavy (non-hydrogen) atoms. The lowest BCUT2D eigenvalue weighted by Crippen LogP contribution is -1.86. The number of benzene rings is 2. The molecule has 7 heteroatoms. The van der Waals surface area contributed by atoms with Gasteiger partial charge in [0.25, 0.3) is 5.69 Å². The Labute approximate surface area is 139 Å². The number of hydrogen-bond donors (Lipinski definition) is 0. The zero-order chi connectivity index (χ0) is 15.7. The van der Waals surface area contributed by atoms with Crippen LogP contribution in [0.2, 0.25) is 10.0 Å². The Morgan fingerprint density at radius 1 is 1.09 bits per heavy atom. The highest BCUT2D eigenvalue weighted by molar-refractivity contribution is 7.19. The summed E-state index contributed by atoms with van der Waals surface area (Å²) < 4.78 is 0.902. The molecule has 0 fully saturated rings. The summed E-state index contributed by atoms with van der Waals surface area (Å²) in [5.74, 6) is 0. The summed E-state index contributed by atoms with van der Waals surface area (Å²) in [7, 11) is 0. The van der Waals surface area contributed by atoms with Crippen molar-refractivity contribution in [3.8, 4) is 0 Å². The monoisotopic (exact) mass is 350 g/mol. The molecule has 0 spiro atoms. The molecule has 3 aromatic rings. The van der Waals surface area contributed by atoms with Crippen molar-refractivity contribution in [2.75, 3.05) is 0 Å². The van der Waals surface area contributed by atoms with Crippen LogP contribution < -0.4 is 0 Å². The summed E-state index contributed by atoms with van der Waals surface area (Å²) in [5, 5.41) is 12.5. The van der Waals surface area contributed by atoms with Crippen molar-refractivity contribution in [1.82, 2.24) is 4.98 Å².